The second kappa shape index (κ2) is 2.85. The Morgan fingerprint density at radius 2 is 2.29 bits per heavy atom. The van der Waals surface area contributed by atoms with Gasteiger partial charge in [-0.1, -0.05) is 11.1 Å². The number of rotatable bonds is 2. The summed E-state index contributed by atoms with van der Waals surface area (Å²) in [7, 11) is 0. The molecule has 0 spiro atoms. The van der Waals surface area contributed by atoms with E-state index in [1.54, 1.807) is 11.1 Å². The van der Waals surface area contributed by atoms with Gasteiger partial charge in [0.05, 0.1) is 6.42 Å². The summed E-state index contributed by atoms with van der Waals surface area (Å²) in [5, 5.41) is 8.82. The number of allylic oxidation sites excluding steroid dienone is 2. The Balaban J connectivity index is 1.86. The number of carboxylic acid groups (broad SMARTS) is 1. The minimum absolute atomic E-state index is 0.377. The Morgan fingerprint density at radius 1 is 1.43 bits per heavy atom. The molecular weight excluding hydrogens is 176 g/mol. The zero-order valence-corrected chi connectivity index (χ0v) is 8.33. The van der Waals surface area contributed by atoms with Gasteiger partial charge in [-0.2, -0.15) is 0 Å². The lowest BCUT2D eigenvalue weighted by atomic mass is 9.82. The van der Waals surface area contributed by atoms with E-state index in [2.05, 4.69) is 0 Å². The summed E-state index contributed by atoms with van der Waals surface area (Å²) >= 11 is 0. The van der Waals surface area contributed by atoms with E-state index in [1.165, 1.54) is 25.7 Å². The number of hydrogen-bond acceptors (Lipinski definition) is 1. The van der Waals surface area contributed by atoms with Crippen molar-refractivity contribution < 1.29 is 9.90 Å². The first kappa shape index (κ1) is 8.51. The molecule has 0 heterocycles. The lowest BCUT2D eigenvalue weighted by Gasteiger charge is -2.22. The van der Waals surface area contributed by atoms with Gasteiger partial charge in [0.2, 0.25) is 0 Å². The van der Waals surface area contributed by atoms with Crippen LogP contribution in [0.1, 0.15) is 38.5 Å². The molecule has 0 radical (unpaired) electrons. The SMILES string of the molecule is O=C(O)CC1CC2CC1=C1CCCC12. The van der Waals surface area contributed by atoms with Crippen molar-refractivity contribution in [2.24, 2.45) is 17.8 Å². The standard InChI is InChI=1S/C12H16O2/c13-12(14)6-8-4-7-5-11(8)10-3-1-2-9(7)10/h7-9H,1-6H2,(H,13,14). The Hall–Kier alpha value is -0.790. The van der Waals surface area contributed by atoms with Gasteiger partial charge in [0, 0.05) is 0 Å². The van der Waals surface area contributed by atoms with Crippen LogP contribution in [-0.4, -0.2) is 11.1 Å². The van der Waals surface area contributed by atoms with Gasteiger partial charge in [0.25, 0.3) is 0 Å². The van der Waals surface area contributed by atoms with Gasteiger partial charge in [-0.15, -0.1) is 0 Å². The fourth-order valence-corrected chi connectivity index (χ4v) is 3.95. The largest absolute Gasteiger partial charge is 0.481 e. The van der Waals surface area contributed by atoms with Crippen molar-refractivity contribution >= 4 is 5.97 Å². The first-order valence-corrected chi connectivity index (χ1v) is 5.69. The molecule has 0 saturated heterocycles. The van der Waals surface area contributed by atoms with Crippen molar-refractivity contribution in [3.8, 4) is 0 Å². The molecular formula is C12H16O2. The van der Waals surface area contributed by atoms with Crippen LogP contribution in [-0.2, 0) is 4.79 Å². The molecule has 2 nitrogen and oxygen atoms in total. The highest BCUT2D eigenvalue weighted by molar-refractivity contribution is 5.68. The fraction of sp³-hybridized carbons (Fsp3) is 0.750. The molecule has 3 aliphatic rings. The molecule has 0 aliphatic heterocycles. The quantitative estimate of drug-likeness (QED) is 0.683. The Labute approximate surface area is 84.0 Å². The number of aliphatic carboxylic acids is 1. The number of carbonyl (C=O) groups is 1. The Bertz CT molecular complexity index is 316. The van der Waals surface area contributed by atoms with Crippen molar-refractivity contribution in [1.82, 2.24) is 0 Å². The maximum atomic E-state index is 10.7. The molecule has 2 heteroatoms. The lowest BCUT2D eigenvalue weighted by molar-refractivity contribution is -0.137. The Morgan fingerprint density at radius 3 is 3.07 bits per heavy atom. The van der Waals surface area contributed by atoms with Crippen LogP contribution in [0.5, 0.6) is 0 Å². The zero-order chi connectivity index (χ0) is 9.71. The second-order valence-corrected chi connectivity index (χ2v) is 5.04. The van der Waals surface area contributed by atoms with Crippen molar-refractivity contribution in [3.05, 3.63) is 11.1 Å². The molecule has 2 bridgehead atoms. The predicted octanol–water partition coefficient (Wildman–Crippen LogP) is 2.60. The van der Waals surface area contributed by atoms with Crippen LogP contribution in [0.15, 0.2) is 11.1 Å². The molecule has 14 heavy (non-hydrogen) atoms. The third-order valence-corrected chi connectivity index (χ3v) is 4.37. The van der Waals surface area contributed by atoms with Crippen LogP contribution in [0.4, 0.5) is 0 Å². The summed E-state index contributed by atoms with van der Waals surface area (Å²) < 4.78 is 0. The number of hydrogen-bond donors (Lipinski definition) is 1. The van der Waals surface area contributed by atoms with Gasteiger partial charge in [-0.25, -0.2) is 0 Å². The molecule has 0 amide bonds. The molecule has 3 rings (SSSR count). The molecule has 3 unspecified atom stereocenters. The van der Waals surface area contributed by atoms with Crippen molar-refractivity contribution in [2.75, 3.05) is 0 Å². The molecule has 0 aromatic heterocycles. The molecule has 0 aromatic rings. The smallest absolute Gasteiger partial charge is 0.303 e. The summed E-state index contributed by atoms with van der Waals surface area (Å²) in [5.41, 5.74) is 3.23. The highest BCUT2D eigenvalue weighted by Crippen LogP contribution is 2.57. The molecule has 2 fully saturated rings. The van der Waals surface area contributed by atoms with Crippen molar-refractivity contribution in [3.63, 3.8) is 0 Å². The van der Waals surface area contributed by atoms with Gasteiger partial charge >= 0.3 is 5.97 Å². The zero-order valence-electron chi connectivity index (χ0n) is 8.33. The number of carboxylic acids is 1. The maximum absolute atomic E-state index is 10.7. The van der Waals surface area contributed by atoms with E-state index in [0.717, 1.165) is 18.3 Å². The molecule has 2 saturated carbocycles. The van der Waals surface area contributed by atoms with Crippen LogP contribution in [0.25, 0.3) is 0 Å². The average molecular weight is 192 g/mol. The van der Waals surface area contributed by atoms with Gasteiger partial charge in [0.15, 0.2) is 0 Å². The summed E-state index contributed by atoms with van der Waals surface area (Å²) in [6.45, 7) is 0. The summed E-state index contributed by atoms with van der Waals surface area (Å²) in [5.74, 6) is 1.48. The first-order valence-electron chi connectivity index (χ1n) is 5.69. The normalized spacial score (nSPS) is 39.3. The van der Waals surface area contributed by atoms with E-state index >= 15 is 0 Å². The summed E-state index contributed by atoms with van der Waals surface area (Å²) in [6.07, 6.45) is 6.77. The average Bonchev–Trinajstić information content (AvgIpc) is 2.68. The van der Waals surface area contributed by atoms with E-state index < -0.39 is 5.97 Å². The van der Waals surface area contributed by atoms with Crippen LogP contribution in [0.3, 0.4) is 0 Å². The molecule has 76 valence electrons. The molecule has 0 aromatic carbocycles. The van der Waals surface area contributed by atoms with E-state index in [-0.39, 0.29) is 0 Å². The molecule has 1 N–H and O–H groups in total. The summed E-state index contributed by atoms with van der Waals surface area (Å²) in [6, 6.07) is 0. The molecule has 3 aliphatic carbocycles. The number of fused-ring (bicyclic) bond motifs is 4. The van der Waals surface area contributed by atoms with Crippen LogP contribution < -0.4 is 0 Å². The first-order chi connectivity index (χ1) is 6.75. The summed E-state index contributed by atoms with van der Waals surface area (Å²) in [4.78, 5) is 10.7. The van der Waals surface area contributed by atoms with Gasteiger partial charge in [0.1, 0.15) is 0 Å². The topological polar surface area (TPSA) is 37.3 Å². The second-order valence-electron chi connectivity index (χ2n) is 5.04. The van der Waals surface area contributed by atoms with Gasteiger partial charge < -0.3 is 5.11 Å². The lowest BCUT2D eigenvalue weighted by Crippen LogP contribution is -2.15. The maximum Gasteiger partial charge on any atom is 0.303 e. The Kier molecular flexibility index (Phi) is 1.73. The van der Waals surface area contributed by atoms with E-state index in [9.17, 15) is 4.79 Å². The van der Waals surface area contributed by atoms with E-state index in [4.69, 9.17) is 5.11 Å². The third kappa shape index (κ3) is 1.06. The minimum Gasteiger partial charge on any atom is -0.481 e. The van der Waals surface area contributed by atoms with Gasteiger partial charge in [-0.3, -0.25) is 4.79 Å². The van der Waals surface area contributed by atoms with Crippen LogP contribution in [0.2, 0.25) is 0 Å². The predicted molar refractivity (Wildman–Crippen MR) is 52.8 cm³/mol. The van der Waals surface area contributed by atoms with Crippen LogP contribution in [0, 0.1) is 17.8 Å². The highest BCUT2D eigenvalue weighted by Gasteiger charge is 2.46. The highest BCUT2D eigenvalue weighted by atomic mass is 16.4. The monoisotopic (exact) mass is 192 g/mol. The third-order valence-electron chi connectivity index (χ3n) is 4.37. The van der Waals surface area contributed by atoms with Crippen molar-refractivity contribution in [1.29, 1.82) is 0 Å². The van der Waals surface area contributed by atoms with Crippen molar-refractivity contribution in [2.45, 2.75) is 38.5 Å². The minimum atomic E-state index is -0.620. The molecule has 3 atom stereocenters. The van der Waals surface area contributed by atoms with E-state index in [1.807, 2.05) is 0 Å². The van der Waals surface area contributed by atoms with E-state index in [0.29, 0.717) is 12.3 Å². The van der Waals surface area contributed by atoms with Gasteiger partial charge in [-0.05, 0) is 49.9 Å². The fourth-order valence-electron chi connectivity index (χ4n) is 3.95. The van der Waals surface area contributed by atoms with Crippen LogP contribution >= 0.6 is 0 Å².